The minimum absolute atomic E-state index is 0.0735. The van der Waals surface area contributed by atoms with Gasteiger partial charge >= 0.3 is 0 Å². The number of aliphatic imine (C=N–C) groups is 1. The van der Waals surface area contributed by atoms with Crippen LogP contribution in [0.5, 0.6) is 0 Å². The summed E-state index contributed by atoms with van der Waals surface area (Å²) >= 11 is 3.38. The van der Waals surface area contributed by atoms with E-state index < -0.39 is 0 Å². The van der Waals surface area contributed by atoms with Crippen molar-refractivity contribution < 1.29 is 9.53 Å². The molecule has 0 saturated carbocycles. The van der Waals surface area contributed by atoms with Crippen LogP contribution in [-0.4, -0.2) is 62.7 Å². The largest absolute Gasteiger partial charge is 0.378 e. The Kier molecular flexibility index (Phi) is 8.21. The number of guanidine groups is 1. The number of halogens is 1. The molecular weight excluding hydrogens is 384 g/mol. The Morgan fingerprint density at radius 1 is 1.32 bits per heavy atom. The van der Waals surface area contributed by atoms with E-state index in [1.807, 2.05) is 25.1 Å². The lowest BCUT2D eigenvalue weighted by Gasteiger charge is -2.34. The molecule has 1 amide bonds. The summed E-state index contributed by atoms with van der Waals surface area (Å²) < 4.78 is 6.58. The molecule has 1 fully saturated rings. The van der Waals surface area contributed by atoms with Crippen LogP contribution < -0.4 is 10.6 Å². The summed E-state index contributed by atoms with van der Waals surface area (Å²) in [6, 6.07) is 7.36. The summed E-state index contributed by atoms with van der Waals surface area (Å²) in [5.41, 5.74) is 0.650. The van der Waals surface area contributed by atoms with E-state index in [9.17, 15) is 4.79 Å². The molecule has 1 aliphatic heterocycles. The molecule has 0 bridgehead atoms. The standard InChI is InChI=1S/C18H27BrN4O2/c1-3-25-16-7-11-23(12-8-16)18(20-2)22-10-9-21-17(24)14-5-4-6-15(19)13-14/h4-6,13,16H,3,7-12H2,1-2H3,(H,20,22)(H,21,24). The number of amides is 1. The number of hydrogen-bond donors (Lipinski definition) is 2. The Morgan fingerprint density at radius 3 is 2.68 bits per heavy atom. The molecule has 6 nitrogen and oxygen atoms in total. The monoisotopic (exact) mass is 410 g/mol. The molecule has 0 aromatic heterocycles. The second-order valence-corrected chi connectivity index (χ2v) is 6.80. The lowest BCUT2D eigenvalue weighted by molar-refractivity contribution is 0.0264. The molecule has 1 aromatic carbocycles. The van der Waals surface area contributed by atoms with Crippen LogP contribution in [0.4, 0.5) is 0 Å². The molecule has 7 heteroatoms. The lowest BCUT2D eigenvalue weighted by atomic mass is 10.1. The van der Waals surface area contributed by atoms with Crippen LogP contribution in [0.2, 0.25) is 0 Å². The highest BCUT2D eigenvalue weighted by atomic mass is 79.9. The molecular formula is C18H27BrN4O2. The summed E-state index contributed by atoms with van der Waals surface area (Å²) in [5, 5.41) is 6.23. The van der Waals surface area contributed by atoms with Gasteiger partial charge in [0.2, 0.25) is 0 Å². The van der Waals surface area contributed by atoms with Gasteiger partial charge in [-0.15, -0.1) is 0 Å². The quantitative estimate of drug-likeness (QED) is 0.428. The van der Waals surface area contributed by atoms with E-state index in [4.69, 9.17) is 4.74 Å². The number of nitrogens with one attached hydrogen (secondary N) is 2. The third kappa shape index (κ3) is 6.32. The molecule has 0 radical (unpaired) electrons. The van der Waals surface area contributed by atoms with Gasteiger partial charge in [0.05, 0.1) is 6.10 Å². The smallest absolute Gasteiger partial charge is 0.251 e. The fraction of sp³-hybridized carbons (Fsp3) is 0.556. The number of carbonyl (C=O) groups is 1. The van der Waals surface area contributed by atoms with Crippen LogP contribution in [-0.2, 0) is 4.74 Å². The first-order valence-corrected chi connectivity index (χ1v) is 9.54. The molecule has 1 aromatic rings. The first-order chi connectivity index (χ1) is 12.1. The van der Waals surface area contributed by atoms with Gasteiger partial charge in [-0.2, -0.15) is 0 Å². The van der Waals surface area contributed by atoms with Crippen LogP contribution in [0.15, 0.2) is 33.7 Å². The first kappa shape index (κ1) is 19.7. The fourth-order valence-electron chi connectivity index (χ4n) is 2.88. The van der Waals surface area contributed by atoms with Crippen molar-refractivity contribution in [1.82, 2.24) is 15.5 Å². The number of carbonyl (C=O) groups excluding carboxylic acids is 1. The predicted octanol–water partition coefficient (Wildman–Crippen LogP) is 2.26. The van der Waals surface area contributed by atoms with E-state index in [0.29, 0.717) is 24.8 Å². The Labute approximate surface area is 158 Å². The highest BCUT2D eigenvalue weighted by Gasteiger charge is 2.21. The average Bonchev–Trinajstić information content (AvgIpc) is 2.63. The van der Waals surface area contributed by atoms with Gasteiger partial charge in [0.25, 0.3) is 5.91 Å². The first-order valence-electron chi connectivity index (χ1n) is 8.75. The van der Waals surface area contributed by atoms with Crippen LogP contribution in [0.1, 0.15) is 30.1 Å². The topological polar surface area (TPSA) is 66.0 Å². The zero-order valence-corrected chi connectivity index (χ0v) is 16.5. The average molecular weight is 411 g/mol. The summed E-state index contributed by atoms with van der Waals surface area (Å²) in [7, 11) is 1.79. The molecule has 2 N–H and O–H groups in total. The van der Waals surface area contributed by atoms with E-state index in [1.165, 1.54) is 0 Å². The van der Waals surface area contributed by atoms with Crippen molar-refractivity contribution in [2.45, 2.75) is 25.9 Å². The molecule has 25 heavy (non-hydrogen) atoms. The molecule has 2 rings (SSSR count). The van der Waals surface area contributed by atoms with Gasteiger partial charge in [-0.1, -0.05) is 22.0 Å². The molecule has 1 saturated heterocycles. The van der Waals surface area contributed by atoms with Crippen molar-refractivity contribution in [2.75, 3.05) is 39.8 Å². The molecule has 0 atom stereocenters. The van der Waals surface area contributed by atoms with Crippen molar-refractivity contribution in [3.05, 3.63) is 34.3 Å². The Balaban J connectivity index is 1.70. The number of rotatable bonds is 6. The summed E-state index contributed by atoms with van der Waals surface area (Å²) in [6.45, 7) is 5.87. The van der Waals surface area contributed by atoms with E-state index in [1.54, 1.807) is 13.1 Å². The van der Waals surface area contributed by atoms with Crippen molar-refractivity contribution in [1.29, 1.82) is 0 Å². The van der Waals surface area contributed by atoms with Crippen molar-refractivity contribution in [3.8, 4) is 0 Å². The van der Waals surface area contributed by atoms with Gasteiger partial charge in [0.15, 0.2) is 5.96 Å². The Hall–Kier alpha value is -1.60. The van der Waals surface area contributed by atoms with Crippen LogP contribution in [0.3, 0.4) is 0 Å². The van der Waals surface area contributed by atoms with Crippen molar-refractivity contribution >= 4 is 27.8 Å². The Morgan fingerprint density at radius 2 is 2.04 bits per heavy atom. The van der Waals surface area contributed by atoms with E-state index >= 15 is 0 Å². The molecule has 1 aliphatic rings. The van der Waals surface area contributed by atoms with Crippen molar-refractivity contribution in [2.24, 2.45) is 4.99 Å². The van der Waals surface area contributed by atoms with Crippen LogP contribution >= 0.6 is 15.9 Å². The zero-order valence-electron chi connectivity index (χ0n) is 14.9. The minimum atomic E-state index is -0.0735. The third-order valence-corrected chi connectivity index (χ3v) is 4.63. The highest BCUT2D eigenvalue weighted by Crippen LogP contribution is 2.13. The SMILES string of the molecule is CCOC1CCN(C(=NC)NCCNC(=O)c2cccc(Br)c2)CC1. The zero-order chi connectivity index (χ0) is 18.1. The number of ether oxygens (including phenoxy) is 1. The number of hydrogen-bond acceptors (Lipinski definition) is 3. The van der Waals surface area contributed by atoms with Crippen LogP contribution in [0, 0.1) is 0 Å². The van der Waals surface area contributed by atoms with E-state index in [2.05, 4.69) is 36.5 Å². The van der Waals surface area contributed by atoms with Crippen molar-refractivity contribution in [3.63, 3.8) is 0 Å². The second kappa shape index (κ2) is 10.4. The summed E-state index contributed by atoms with van der Waals surface area (Å²) in [6.07, 6.45) is 2.41. The van der Waals surface area contributed by atoms with Gasteiger partial charge in [-0.05, 0) is 38.0 Å². The maximum absolute atomic E-state index is 12.1. The highest BCUT2D eigenvalue weighted by molar-refractivity contribution is 9.10. The third-order valence-electron chi connectivity index (χ3n) is 4.14. The minimum Gasteiger partial charge on any atom is -0.378 e. The summed E-state index contributed by atoms with van der Waals surface area (Å²) in [5.74, 6) is 0.808. The molecule has 0 aliphatic carbocycles. The number of benzene rings is 1. The maximum atomic E-state index is 12.1. The summed E-state index contributed by atoms with van der Waals surface area (Å²) in [4.78, 5) is 18.7. The molecule has 0 unspecified atom stereocenters. The van der Waals surface area contributed by atoms with Crippen LogP contribution in [0.25, 0.3) is 0 Å². The maximum Gasteiger partial charge on any atom is 0.251 e. The lowest BCUT2D eigenvalue weighted by Crippen LogP contribution is -2.48. The van der Waals surface area contributed by atoms with Gasteiger partial charge in [-0.25, -0.2) is 0 Å². The van der Waals surface area contributed by atoms with Gasteiger partial charge in [0.1, 0.15) is 0 Å². The van der Waals surface area contributed by atoms with E-state index in [0.717, 1.165) is 43.0 Å². The molecule has 1 heterocycles. The van der Waals surface area contributed by atoms with E-state index in [-0.39, 0.29) is 5.91 Å². The van der Waals surface area contributed by atoms with Gasteiger partial charge in [0, 0.05) is 49.9 Å². The molecule has 138 valence electrons. The number of piperidine rings is 1. The molecule has 0 spiro atoms. The Bertz CT molecular complexity index is 586. The number of likely N-dealkylation sites (tertiary alicyclic amines) is 1. The van der Waals surface area contributed by atoms with Gasteiger partial charge in [-0.3, -0.25) is 9.79 Å². The van der Waals surface area contributed by atoms with Gasteiger partial charge < -0.3 is 20.3 Å². The normalized spacial score (nSPS) is 16.0. The second-order valence-electron chi connectivity index (χ2n) is 5.88. The fourth-order valence-corrected chi connectivity index (χ4v) is 3.28. The number of nitrogens with zero attached hydrogens (tertiary/aromatic N) is 2. The predicted molar refractivity (Wildman–Crippen MR) is 104 cm³/mol.